The molecule has 4 heteroatoms. The van der Waals surface area contributed by atoms with Crippen LogP contribution in [0.1, 0.15) is 29.5 Å². The molecule has 0 aromatic heterocycles. The minimum absolute atomic E-state index is 0.510. The van der Waals surface area contributed by atoms with Crippen molar-refractivity contribution >= 4 is 39.8 Å². The molecule has 0 radical (unpaired) electrons. The van der Waals surface area contributed by atoms with Gasteiger partial charge in [0.2, 0.25) is 0 Å². The number of rotatable bonds is 2. The number of ether oxygens (including phenoxy) is 1. The number of benzene rings is 2. The summed E-state index contributed by atoms with van der Waals surface area (Å²) in [6, 6.07) is 14.6. The van der Waals surface area contributed by atoms with Gasteiger partial charge in [-0.15, -0.1) is 0 Å². The van der Waals surface area contributed by atoms with E-state index < -0.39 is 0 Å². The number of fused-ring (bicyclic) bond motifs is 1. The molecule has 1 aliphatic heterocycles. The Kier molecular flexibility index (Phi) is 3.91. The molecule has 0 fully saturated rings. The summed E-state index contributed by atoms with van der Waals surface area (Å²) in [6.45, 7) is 0. The van der Waals surface area contributed by atoms with Crippen molar-refractivity contribution < 1.29 is 4.74 Å². The zero-order chi connectivity index (χ0) is 16.0. The molecule has 0 amide bonds. The Morgan fingerprint density at radius 2 is 2.04 bits per heavy atom. The zero-order valence-electron chi connectivity index (χ0n) is 13.1. The maximum atomic E-state index is 6.28. The van der Waals surface area contributed by atoms with Gasteiger partial charge in [-0.05, 0) is 0 Å². The third kappa shape index (κ3) is 2.49. The van der Waals surface area contributed by atoms with Crippen molar-refractivity contribution in [2.24, 2.45) is 0 Å². The first-order chi connectivity index (χ1) is 11.2. The minimum atomic E-state index is 0.510. The molecule has 0 spiro atoms. The van der Waals surface area contributed by atoms with Gasteiger partial charge in [-0.1, -0.05) is 0 Å². The molecule has 2 nitrogen and oxygen atoms in total. The summed E-state index contributed by atoms with van der Waals surface area (Å²) in [6.07, 6.45) is 3.59. The molecule has 0 N–H and O–H groups in total. The molecule has 2 aromatic carbocycles. The van der Waals surface area contributed by atoms with Crippen molar-refractivity contribution in [3.05, 3.63) is 64.3 Å². The Bertz CT molecular complexity index is 802. The van der Waals surface area contributed by atoms with E-state index in [1.165, 1.54) is 35.5 Å². The van der Waals surface area contributed by atoms with Crippen molar-refractivity contribution in [3.8, 4) is 5.75 Å². The molecule has 118 valence electrons. The summed E-state index contributed by atoms with van der Waals surface area (Å²) < 4.78 is 5.93. The van der Waals surface area contributed by atoms with E-state index in [1.807, 2.05) is 12.1 Å². The van der Waals surface area contributed by atoms with E-state index in [2.05, 4.69) is 35.2 Å². The van der Waals surface area contributed by atoms with Gasteiger partial charge in [0.15, 0.2) is 0 Å². The van der Waals surface area contributed by atoms with Crippen molar-refractivity contribution in [2.45, 2.75) is 24.0 Å². The molecular weight excluding hydrogens is 369 g/mol. The summed E-state index contributed by atoms with van der Waals surface area (Å²) in [5.41, 5.74) is 6.84. The third-order valence-electron chi connectivity index (χ3n) is 4.75. The van der Waals surface area contributed by atoms with Gasteiger partial charge in [0, 0.05) is 0 Å². The SMILES string of the molecule is COc1cccc(N2C3=C(CCC3)C([AsH2])c3cc(Cl)ccc32)c1. The number of nitrogens with zero attached hydrogens (tertiary/aromatic N) is 1. The fraction of sp³-hybridized carbons (Fsp3) is 0.263. The molecule has 2 aliphatic rings. The summed E-state index contributed by atoms with van der Waals surface area (Å²) in [5.74, 6) is 0.890. The maximum absolute atomic E-state index is 6.28. The monoisotopic (exact) mass is 387 g/mol. The van der Waals surface area contributed by atoms with Crippen molar-refractivity contribution in [1.82, 2.24) is 0 Å². The quantitative estimate of drug-likeness (QED) is 0.698. The van der Waals surface area contributed by atoms with Crippen molar-refractivity contribution in [3.63, 3.8) is 0 Å². The van der Waals surface area contributed by atoms with Crippen LogP contribution in [-0.2, 0) is 0 Å². The van der Waals surface area contributed by atoms with Crippen LogP contribution in [0, 0.1) is 0 Å². The number of allylic oxidation sites excluding steroid dienone is 2. The Hall–Kier alpha value is -1.37. The van der Waals surface area contributed by atoms with Gasteiger partial charge in [-0.3, -0.25) is 0 Å². The van der Waals surface area contributed by atoms with Crippen LogP contribution in [0.3, 0.4) is 0 Å². The van der Waals surface area contributed by atoms with Crippen molar-refractivity contribution in [2.75, 3.05) is 12.0 Å². The molecule has 0 saturated heterocycles. The number of halogens is 1. The fourth-order valence-corrected chi connectivity index (χ4v) is 5.19. The van der Waals surface area contributed by atoms with Gasteiger partial charge in [0.25, 0.3) is 0 Å². The van der Waals surface area contributed by atoms with Crippen LogP contribution in [-0.4, -0.2) is 24.0 Å². The third-order valence-corrected chi connectivity index (χ3v) is 6.59. The van der Waals surface area contributed by atoms with Gasteiger partial charge in [0.1, 0.15) is 0 Å². The predicted molar refractivity (Wildman–Crippen MR) is 98.7 cm³/mol. The second-order valence-corrected chi connectivity index (χ2v) is 7.88. The number of hydrogen-bond acceptors (Lipinski definition) is 2. The first-order valence-electron chi connectivity index (χ1n) is 7.90. The molecule has 0 saturated carbocycles. The molecule has 4 rings (SSSR count). The second-order valence-electron chi connectivity index (χ2n) is 6.04. The predicted octanol–water partition coefficient (Wildman–Crippen LogP) is 4.61. The van der Waals surface area contributed by atoms with E-state index in [-0.39, 0.29) is 0 Å². The second kappa shape index (κ2) is 5.92. The Labute approximate surface area is 150 Å². The van der Waals surface area contributed by atoms with Gasteiger partial charge in [-0.25, -0.2) is 0 Å². The molecular formula is C19H19AsClNO. The van der Waals surface area contributed by atoms with E-state index in [9.17, 15) is 0 Å². The summed E-state index contributed by atoms with van der Waals surface area (Å²) >= 11 is 8.05. The standard InChI is InChI=1S/C19H19AsClNO/c1-23-14-5-2-4-13(11-14)22-17-7-3-6-15(17)19(20)16-10-12(21)8-9-18(16)22/h2,4-5,8-11,19H,3,6-7,20H2,1H3. The van der Waals surface area contributed by atoms with Crippen LogP contribution >= 0.6 is 11.6 Å². The summed E-state index contributed by atoms with van der Waals surface area (Å²) in [5, 5.41) is 0.819. The molecule has 23 heavy (non-hydrogen) atoms. The van der Waals surface area contributed by atoms with Gasteiger partial charge < -0.3 is 0 Å². The number of anilines is 2. The fourth-order valence-electron chi connectivity index (χ4n) is 3.70. The van der Waals surface area contributed by atoms with Crippen molar-refractivity contribution in [1.29, 1.82) is 0 Å². The molecule has 1 heterocycles. The summed E-state index contributed by atoms with van der Waals surface area (Å²) in [4.78, 5) is 2.41. The first kappa shape index (κ1) is 15.2. The van der Waals surface area contributed by atoms with E-state index in [4.69, 9.17) is 16.3 Å². The van der Waals surface area contributed by atoms with E-state index >= 15 is 0 Å². The molecule has 1 aliphatic carbocycles. The average molecular weight is 388 g/mol. The van der Waals surface area contributed by atoms with Crippen LogP contribution in [0.4, 0.5) is 11.4 Å². The topological polar surface area (TPSA) is 12.5 Å². The molecule has 2 atom stereocenters. The van der Waals surface area contributed by atoms with E-state index in [1.54, 1.807) is 29.5 Å². The number of hydrogen-bond donors (Lipinski definition) is 0. The zero-order valence-corrected chi connectivity index (χ0v) is 16.2. The van der Waals surface area contributed by atoms with E-state index in [0.29, 0.717) is 4.71 Å². The molecule has 2 aromatic rings. The Morgan fingerprint density at radius 3 is 2.87 bits per heavy atom. The Balaban J connectivity index is 1.92. The van der Waals surface area contributed by atoms with Crippen LogP contribution < -0.4 is 9.64 Å². The van der Waals surface area contributed by atoms with Gasteiger partial charge >= 0.3 is 151 Å². The Morgan fingerprint density at radius 1 is 1.17 bits per heavy atom. The average Bonchev–Trinajstić information content (AvgIpc) is 3.05. The van der Waals surface area contributed by atoms with Crippen LogP contribution in [0.5, 0.6) is 5.75 Å². The van der Waals surface area contributed by atoms with Crippen LogP contribution in [0.25, 0.3) is 0 Å². The van der Waals surface area contributed by atoms with Gasteiger partial charge in [0.05, 0.1) is 0 Å². The summed E-state index contributed by atoms with van der Waals surface area (Å²) in [7, 11) is 1.72. The van der Waals surface area contributed by atoms with Crippen LogP contribution in [0.2, 0.25) is 5.02 Å². The normalized spacial score (nSPS) is 19.6. The molecule has 0 bridgehead atoms. The van der Waals surface area contributed by atoms with Gasteiger partial charge in [-0.2, -0.15) is 0 Å². The van der Waals surface area contributed by atoms with E-state index in [0.717, 1.165) is 17.2 Å². The van der Waals surface area contributed by atoms with Crippen LogP contribution in [0.15, 0.2) is 53.7 Å². The molecule has 2 unspecified atom stereocenters. The number of methoxy groups -OCH3 is 1. The first-order valence-corrected chi connectivity index (χ1v) is 9.68.